The molecule has 18 heavy (non-hydrogen) atoms. The van der Waals surface area contributed by atoms with Crippen molar-refractivity contribution >= 4 is 11.5 Å². The molecular weight excluding hydrogens is 243 g/mol. The van der Waals surface area contributed by atoms with Crippen molar-refractivity contribution in [1.29, 1.82) is 0 Å². The highest BCUT2D eigenvalue weighted by molar-refractivity contribution is 5.39. The van der Waals surface area contributed by atoms with E-state index in [-0.39, 0.29) is 23.1 Å². The van der Waals surface area contributed by atoms with Gasteiger partial charge in [-0.05, 0) is 6.07 Å². The summed E-state index contributed by atoms with van der Waals surface area (Å²) in [7, 11) is 0. The molecule has 7 nitrogen and oxygen atoms in total. The predicted octanol–water partition coefficient (Wildman–Crippen LogP) is 1.90. The Morgan fingerprint density at radius 3 is 2.78 bits per heavy atom. The van der Waals surface area contributed by atoms with Gasteiger partial charge in [0, 0.05) is 6.07 Å². The van der Waals surface area contributed by atoms with Gasteiger partial charge in [0.2, 0.25) is 5.88 Å². The maximum atomic E-state index is 13.5. The van der Waals surface area contributed by atoms with Crippen LogP contribution < -0.4 is 10.5 Å². The number of hydrogen-bond acceptors (Lipinski definition) is 6. The molecular formula is C10H7FN4O3. The smallest absolute Gasteiger partial charge is 0.272 e. The molecule has 0 aliphatic rings. The average molecular weight is 250 g/mol. The summed E-state index contributed by atoms with van der Waals surface area (Å²) in [6.45, 7) is 0. The van der Waals surface area contributed by atoms with E-state index >= 15 is 0 Å². The van der Waals surface area contributed by atoms with E-state index < -0.39 is 10.7 Å². The van der Waals surface area contributed by atoms with Crippen molar-refractivity contribution in [2.75, 3.05) is 5.73 Å². The molecule has 8 heteroatoms. The van der Waals surface area contributed by atoms with Gasteiger partial charge in [0.15, 0.2) is 11.6 Å². The van der Waals surface area contributed by atoms with Crippen LogP contribution in [0, 0.1) is 15.9 Å². The SMILES string of the molecule is Nc1cncc(Oc2ccc([N+](=O)[O-])cc2F)n1. The third-order valence-electron chi connectivity index (χ3n) is 1.97. The van der Waals surface area contributed by atoms with Crippen LogP contribution in [0.4, 0.5) is 15.9 Å². The molecule has 0 bridgehead atoms. The molecule has 0 aliphatic carbocycles. The number of ether oxygens (including phenoxy) is 1. The van der Waals surface area contributed by atoms with E-state index in [1.54, 1.807) is 0 Å². The molecule has 0 fully saturated rings. The number of non-ortho nitro benzene ring substituents is 1. The van der Waals surface area contributed by atoms with Gasteiger partial charge in [-0.15, -0.1) is 0 Å². The second kappa shape index (κ2) is 4.62. The fraction of sp³-hybridized carbons (Fsp3) is 0. The van der Waals surface area contributed by atoms with Gasteiger partial charge in [-0.1, -0.05) is 0 Å². The standard InChI is InChI=1S/C10H7FN4O3/c11-7-3-6(15(16)17)1-2-8(7)18-10-5-13-4-9(12)14-10/h1-5H,(H2,12,14). The summed E-state index contributed by atoms with van der Waals surface area (Å²) in [5.41, 5.74) is 5.01. The Morgan fingerprint density at radius 2 is 2.17 bits per heavy atom. The summed E-state index contributed by atoms with van der Waals surface area (Å²) >= 11 is 0. The Hall–Kier alpha value is -2.77. The molecule has 2 aromatic rings. The van der Waals surface area contributed by atoms with Crippen LogP contribution in [0.25, 0.3) is 0 Å². The van der Waals surface area contributed by atoms with Crippen LogP contribution in [0.2, 0.25) is 0 Å². The van der Waals surface area contributed by atoms with Crippen molar-refractivity contribution in [3.63, 3.8) is 0 Å². The molecule has 1 aromatic heterocycles. The summed E-state index contributed by atoms with van der Waals surface area (Å²) in [5, 5.41) is 10.4. The van der Waals surface area contributed by atoms with E-state index in [0.29, 0.717) is 0 Å². The number of aromatic nitrogens is 2. The van der Waals surface area contributed by atoms with Crippen LogP contribution in [0.3, 0.4) is 0 Å². The van der Waals surface area contributed by atoms with Crippen LogP contribution in [0.1, 0.15) is 0 Å². The van der Waals surface area contributed by atoms with Gasteiger partial charge in [-0.3, -0.25) is 15.1 Å². The Labute approximate surface area is 100 Å². The molecule has 92 valence electrons. The Kier molecular flexibility index (Phi) is 3.00. The van der Waals surface area contributed by atoms with Crippen molar-refractivity contribution in [2.45, 2.75) is 0 Å². The van der Waals surface area contributed by atoms with Crippen molar-refractivity contribution in [3.8, 4) is 11.6 Å². The molecule has 0 radical (unpaired) electrons. The third kappa shape index (κ3) is 2.48. The summed E-state index contributed by atoms with van der Waals surface area (Å²) in [4.78, 5) is 17.2. The van der Waals surface area contributed by atoms with Crippen molar-refractivity contribution < 1.29 is 14.1 Å². The molecule has 0 aliphatic heterocycles. The molecule has 0 spiro atoms. The van der Waals surface area contributed by atoms with Crippen molar-refractivity contribution in [3.05, 3.63) is 46.5 Å². The van der Waals surface area contributed by atoms with E-state index in [9.17, 15) is 14.5 Å². The largest absolute Gasteiger partial charge is 0.434 e. The number of nitrogen functional groups attached to an aromatic ring is 1. The highest BCUT2D eigenvalue weighted by Crippen LogP contribution is 2.26. The first-order valence-corrected chi connectivity index (χ1v) is 4.75. The lowest BCUT2D eigenvalue weighted by atomic mass is 10.3. The minimum absolute atomic E-state index is 0.00255. The number of benzene rings is 1. The van der Waals surface area contributed by atoms with Gasteiger partial charge in [0.25, 0.3) is 5.69 Å². The lowest BCUT2D eigenvalue weighted by Crippen LogP contribution is -1.96. The van der Waals surface area contributed by atoms with Crippen molar-refractivity contribution in [1.82, 2.24) is 9.97 Å². The number of nitro groups is 1. The Morgan fingerprint density at radius 1 is 1.39 bits per heavy atom. The van der Waals surface area contributed by atoms with Crippen LogP contribution >= 0.6 is 0 Å². The van der Waals surface area contributed by atoms with Gasteiger partial charge >= 0.3 is 0 Å². The first kappa shape index (κ1) is 11.7. The maximum Gasteiger partial charge on any atom is 0.272 e. The van der Waals surface area contributed by atoms with E-state index in [0.717, 1.165) is 18.2 Å². The zero-order chi connectivity index (χ0) is 13.1. The van der Waals surface area contributed by atoms with Crippen LogP contribution in [-0.2, 0) is 0 Å². The quantitative estimate of drug-likeness (QED) is 0.658. The van der Waals surface area contributed by atoms with E-state index in [2.05, 4.69) is 9.97 Å². The molecule has 0 saturated heterocycles. The monoisotopic (exact) mass is 250 g/mol. The highest BCUT2D eigenvalue weighted by Gasteiger charge is 2.12. The van der Waals surface area contributed by atoms with E-state index in [1.165, 1.54) is 12.4 Å². The maximum absolute atomic E-state index is 13.5. The van der Waals surface area contributed by atoms with E-state index in [4.69, 9.17) is 10.5 Å². The summed E-state index contributed by atoms with van der Waals surface area (Å²) in [6.07, 6.45) is 2.55. The molecule has 2 N–H and O–H groups in total. The molecule has 0 unspecified atom stereocenters. The first-order chi connectivity index (χ1) is 8.56. The molecule has 0 saturated carbocycles. The third-order valence-corrected chi connectivity index (χ3v) is 1.97. The number of rotatable bonds is 3. The summed E-state index contributed by atoms with van der Waals surface area (Å²) in [5.74, 6) is -0.938. The average Bonchev–Trinajstić information content (AvgIpc) is 2.31. The second-order valence-electron chi connectivity index (χ2n) is 3.26. The zero-order valence-corrected chi connectivity index (χ0v) is 8.91. The van der Waals surface area contributed by atoms with Gasteiger partial charge in [-0.25, -0.2) is 4.39 Å². The number of nitro benzene ring substituents is 1. The Bertz CT molecular complexity index is 605. The fourth-order valence-electron chi connectivity index (χ4n) is 1.21. The second-order valence-corrected chi connectivity index (χ2v) is 3.26. The molecule has 1 heterocycles. The van der Waals surface area contributed by atoms with Crippen LogP contribution in [-0.4, -0.2) is 14.9 Å². The van der Waals surface area contributed by atoms with Crippen LogP contribution in [0.5, 0.6) is 11.6 Å². The van der Waals surface area contributed by atoms with Gasteiger partial charge < -0.3 is 10.5 Å². The number of anilines is 1. The minimum Gasteiger partial charge on any atom is -0.434 e. The zero-order valence-electron chi connectivity index (χ0n) is 8.91. The molecule has 1 aromatic carbocycles. The Balaban J connectivity index is 2.27. The van der Waals surface area contributed by atoms with Crippen molar-refractivity contribution in [2.24, 2.45) is 0 Å². The number of nitrogens with two attached hydrogens (primary N) is 1. The van der Waals surface area contributed by atoms with Crippen LogP contribution in [0.15, 0.2) is 30.6 Å². The molecule has 0 atom stereocenters. The number of halogens is 1. The molecule has 2 rings (SSSR count). The van der Waals surface area contributed by atoms with E-state index in [1.807, 2.05) is 0 Å². The topological polar surface area (TPSA) is 104 Å². The minimum atomic E-state index is -0.867. The van der Waals surface area contributed by atoms with Gasteiger partial charge in [0.05, 0.1) is 23.4 Å². The predicted molar refractivity (Wildman–Crippen MR) is 59.6 cm³/mol. The summed E-state index contributed by atoms with van der Waals surface area (Å²) < 4.78 is 18.6. The lowest BCUT2D eigenvalue weighted by Gasteiger charge is -2.05. The molecule has 0 amide bonds. The fourth-order valence-corrected chi connectivity index (χ4v) is 1.21. The van der Waals surface area contributed by atoms with Gasteiger partial charge in [-0.2, -0.15) is 4.98 Å². The number of hydrogen-bond donors (Lipinski definition) is 1. The normalized spacial score (nSPS) is 10.1. The number of nitrogens with zero attached hydrogens (tertiary/aromatic N) is 3. The summed E-state index contributed by atoms with van der Waals surface area (Å²) in [6, 6.07) is 3.02. The highest BCUT2D eigenvalue weighted by atomic mass is 19.1. The first-order valence-electron chi connectivity index (χ1n) is 4.75. The lowest BCUT2D eigenvalue weighted by molar-refractivity contribution is -0.385. The van der Waals surface area contributed by atoms with Gasteiger partial charge in [0.1, 0.15) is 5.82 Å².